The molecule has 10 heteroatoms. The second-order valence-electron chi connectivity index (χ2n) is 5.43. The number of nitrogens with zero attached hydrogens (tertiary/aromatic N) is 2. The molecule has 0 aliphatic carbocycles. The summed E-state index contributed by atoms with van der Waals surface area (Å²) in [6.07, 6.45) is 3.05. The smallest absolute Gasteiger partial charge is 0.259 e. The number of halogens is 2. The number of hydrogen-bond donors (Lipinski definition) is 2. The van der Waals surface area contributed by atoms with E-state index in [4.69, 9.17) is 16.3 Å². The predicted molar refractivity (Wildman–Crippen MR) is 87.1 cm³/mol. The van der Waals surface area contributed by atoms with Gasteiger partial charge in [0.05, 0.1) is 17.8 Å². The number of rotatable bonds is 6. The van der Waals surface area contributed by atoms with Gasteiger partial charge in [-0.1, -0.05) is 11.6 Å². The van der Waals surface area contributed by atoms with Gasteiger partial charge in [0.15, 0.2) is 5.03 Å². The first-order chi connectivity index (χ1) is 9.90. The van der Waals surface area contributed by atoms with Crippen LogP contribution in [-0.4, -0.2) is 51.5 Å². The molecule has 7 nitrogen and oxygen atoms in total. The minimum absolute atomic E-state index is 0. The van der Waals surface area contributed by atoms with E-state index in [2.05, 4.69) is 15.1 Å². The zero-order valence-electron chi connectivity index (χ0n) is 12.6. The third kappa shape index (κ3) is 4.33. The average molecular weight is 373 g/mol. The molecule has 0 spiro atoms. The number of aryl methyl sites for hydroxylation is 1. The van der Waals surface area contributed by atoms with Crippen LogP contribution in [0, 0.1) is 5.41 Å². The Morgan fingerprint density at radius 3 is 2.64 bits per heavy atom. The van der Waals surface area contributed by atoms with Gasteiger partial charge in [-0.05, 0) is 25.9 Å². The molecule has 2 rings (SSSR count). The van der Waals surface area contributed by atoms with Crippen molar-refractivity contribution < 1.29 is 13.2 Å². The molecular formula is C12H22Cl2N4O3S. The van der Waals surface area contributed by atoms with Gasteiger partial charge in [-0.3, -0.25) is 4.68 Å². The second-order valence-corrected chi connectivity index (χ2v) is 7.52. The quantitative estimate of drug-likeness (QED) is 0.770. The Kier molecular flexibility index (Phi) is 7.10. The Labute approximate surface area is 142 Å². The van der Waals surface area contributed by atoms with Crippen LogP contribution < -0.4 is 10.0 Å². The molecule has 0 bridgehead atoms. The largest absolute Gasteiger partial charge is 0.384 e. The third-order valence-corrected chi connectivity index (χ3v) is 5.76. The van der Waals surface area contributed by atoms with Gasteiger partial charge in [0.25, 0.3) is 10.0 Å². The van der Waals surface area contributed by atoms with Gasteiger partial charge in [0, 0.05) is 26.1 Å². The lowest BCUT2D eigenvalue weighted by molar-refractivity contribution is 0.0577. The molecule has 0 unspecified atom stereocenters. The van der Waals surface area contributed by atoms with E-state index in [0.717, 1.165) is 25.9 Å². The first-order valence-corrected chi connectivity index (χ1v) is 8.63. The van der Waals surface area contributed by atoms with Gasteiger partial charge in [-0.25, -0.2) is 13.1 Å². The summed E-state index contributed by atoms with van der Waals surface area (Å²) in [6.45, 7) is 2.57. The Hall–Kier alpha value is -0.380. The Morgan fingerprint density at radius 1 is 1.50 bits per heavy atom. The number of piperidine rings is 1. The molecule has 0 saturated carbocycles. The van der Waals surface area contributed by atoms with Gasteiger partial charge in [0.2, 0.25) is 0 Å². The highest BCUT2D eigenvalue weighted by Crippen LogP contribution is 2.29. The molecule has 128 valence electrons. The summed E-state index contributed by atoms with van der Waals surface area (Å²) in [7, 11) is -0.505. The summed E-state index contributed by atoms with van der Waals surface area (Å²) in [5, 5.41) is 7.25. The molecule has 0 amide bonds. The number of sulfonamides is 1. The van der Waals surface area contributed by atoms with Crippen LogP contribution in [-0.2, 0) is 21.8 Å². The van der Waals surface area contributed by atoms with Gasteiger partial charge in [-0.2, -0.15) is 5.10 Å². The van der Waals surface area contributed by atoms with E-state index in [1.54, 1.807) is 14.2 Å². The van der Waals surface area contributed by atoms with E-state index in [9.17, 15) is 8.42 Å². The van der Waals surface area contributed by atoms with Crippen molar-refractivity contribution in [2.24, 2.45) is 12.5 Å². The van der Waals surface area contributed by atoms with E-state index < -0.39 is 10.0 Å². The predicted octanol–water partition coefficient (Wildman–Crippen LogP) is 0.790. The van der Waals surface area contributed by atoms with E-state index in [1.165, 1.54) is 10.9 Å². The van der Waals surface area contributed by atoms with Crippen LogP contribution in [0.15, 0.2) is 11.2 Å². The van der Waals surface area contributed by atoms with Crippen molar-refractivity contribution >= 4 is 34.0 Å². The van der Waals surface area contributed by atoms with Gasteiger partial charge >= 0.3 is 0 Å². The lowest BCUT2D eigenvalue weighted by atomic mass is 9.80. The maximum Gasteiger partial charge on any atom is 0.259 e. The molecule has 1 fully saturated rings. The standard InChI is InChI=1S/C12H21ClN4O3S.ClH/c1-17-11(10(13)7-15-17)21(18,19)16-8-12(9-20-2)3-5-14-6-4-12;/h7,14,16H,3-6,8-9H2,1-2H3;1H. The third-order valence-electron chi connectivity index (χ3n) is 3.85. The zero-order chi connectivity index (χ0) is 15.5. The molecule has 22 heavy (non-hydrogen) atoms. The van der Waals surface area contributed by atoms with E-state index >= 15 is 0 Å². The lowest BCUT2D eigenvalue weighted by Gasteiger charge is -2.37. The van der Waals surface area contributed by atoms with Crippen LogP contribution in [0.4, 0.5) is 0 Å². The number of hydrogen-bond acceptors (Lipinski definition) is 5. The van der Waals surface area contributed by atoms with Crippen molar-refractivity contribution in [2.45, 2.75) is 17.9 Å². The molecular weight excluding hydrogens is 351 g/mol. The van der Waals surface area contributed by atoms with Gasteiger partial charge in [0.1, 0.15) is 0 Å². The van der Waals surface area contributed by atoms with Crippen LogP contribution in [0.25, 0.3) is 0 Å². The zero-order valence-corrected chi connectivity index (χ0v) is 15.0. The summed E-state index contributed by atoms with van der Waals surface area (Å²) in [6, 6.07) is 0. The van der Waals surface area contributed by atoms with E-state index in [1.807, 2.05) is 0 Å². The topological polar surface area (TPSA) is 85.2 Å². The fourth-order valence-electron chi connectivity index (χ4n) is 2.65. The minimum atomic E-state index is -3.69. The Bertz CT molecular complexity index is 560. The average Bonchev–Trinajstić information content (AvgIpc) is 2.78. The summed E-state index contributed by atoms with van der Waals surface area (Å²) >= 11 is 5.91. The summed E-state index contributed by atoms with van der Waals surface area (Å²) < 4.78 is 34.0. The van der Waals surface area contributed by atoms with Crippen molar-refractivity contribution in [1.82, 2.24) is 19.8 Å². The molecule has 0 radical (unpaired) electrons. The highest BCUT2D eigenvalue weighted by atomic mass is 35.5. The molecule has 2 heterocycles. The number of aromatic nitrogens is 2. The highest BCUT2D eigenvalue weighted by Gasteiger charge is 2.34. The molecule has 2 N–H and O–H groups in total. The van der Waals surface area contributed by atoms with Gasteiger partial charge in [-0.15, -0.1) is 12.4 Å². The second kappa shape index (κ2) is 7.94. The Morgan fingerprint density at radius 2 is 2.14 bits per heavy atom. The molecule has 0 atom stereocenters. The Balaban J connectivity index is 0.00000242. The van der Waals surface area contributed by atoms with Crippen LogP contribution >= 0.6 is 24.0 Å². The molecule has 1 aliphatic rings. The van der Waals surface area contributed by atoms with Crippen molar-refractivity contribution in [1.29, 1.82) is 0 Å². The fraction of sp³-hybridized carbons (Fsp3) is 0.750. The molecule has 1 aromatic heterocycles. The van der Waals surface area contributed by atoms with Gasteiger partial charge < -0.3 is 10.1 Å². The van der Waals surface area contributed by atoms with Crippen molar-refractivity contribution in [2.75, 3.05) is 33.4 Å². The van der Waals surface area contributed by atoms with Crippen molar-refractivity contribution in [3.05, 3.63) is 11.2 Å². The van der Waals surface area contributed by atoms with E-state index in [0.29, 0.717) is 13.2 Å². The van der Waals surface area contributed by atoms with Crippen LogP contribution in [0.2, 0.25) is 5.02 Å². The first-order valence-electron chi connectivity index (χ1n) is 6.77. The van der Waals surface area contributed by atoms with Crippen LogP contribution in [0.5, 0.6) is 0 Å². The monoisotopic (exact) mass is 372 g/mol. The normalized spacial score (nSPS) is 18.0. The molecule has 1 saturated heterocycles. The molecule has 0 aromatic carbocycles. The van der Waals surface area contributed by atoms with Crippen molar-refractivity contribution in [3.8, 4) is 0 Å². The summed E-state index contributed by atoms with van der Waals surface area (Å²) in [4.78, 5) is 0. The lowest BCUT2D eigenvalue weighted by Crippen LogP contribution is -2.47. The maximum absolute atomic E-state index is 12.4. The molecule has 1 aliphatic heterocycles. The van der Waals surface area contributed by atoms with Crippen LogP contribution in [0.3, 0.4) is 0 Å². The van der Waals surface area contributed by atoms with Crippen molar-refractivity contribution in [3.63, 3.8) is 0 Å². The first kappa shape index (κ1) is 19.7. The minimum Gasteiger partial charge on any atom is -0.384 e. The molecule has 1 aromatic rings. The highest BCUT2D eigenvalue weighted by molar-refractivity contribution is 7.89. The summed E-state index contributed by atoms with van der Waals surface area (Å²) in [5.74, 6) is 0. The van der Waals surface area contributed by atoms with Crippen LogP contribution in [0.1, 0.15) is 12.8 Å². The number of ether oxygens (including phenoxy) is 1. The number of methoxy groups -OCH3 is 1. The maximum atomic E-state index is 12.4. The number of nitrogens with one attached hydrogen (secondary N) is 2. The fourth-order valence-corrected chi connectivity index (χ4v) is 4.46. The summed E-state index contributed by atoms with van der Waals surface area (Å²) in [5.41, 5.74) is -0.182. The van der Waals surface area contributed by atoms with E-state index in [-0.39, 0.29) is 27.9 Å². The SMILES string of the molecule is COCC1(CNS(=O)(=O)c2c(Cl)cnn2C)CCNCC1.Cl.